The summed E-state index contributed by atoms with van der Waals surface area (Å²) in [7, 11) is 0. The van der Waals surface area contributed by atoms with Crippen molar-refractivity contribution in [2.45, 2.75) is 29.9 Å². The van der Waals surface area contributed by atoms with Crippen molar-refractivity contribution in [2.24, 2.45) is 0 Å². The minimum Gasteiger partial charge on any atom is -0.507 e. The van der Waals surface area contributed by atoms with Crippen LogP contribution in [0, 0.1) is 0 Å². The fraction of sp³-hybridized carbons (Fsp3) is 0.273. The molecule has 6 nitrogen and oxygen atoms in total. The zero-order valence-corrected chi connectivity index (χ0v) is 16.9. The van der Waals surface area contributed by atoms with Gasteiger partial charge in [-0.1, -0.05) is 38.1 Å². The highest BCUT2D eigenvalue weighted by Crippen LogP contribution is 2.39. The fourth-order valence-corrected chi connectivity index (χ4v) is 4.27. The Morgan fingerprint density at radius 2 is 2.10 bits per heavy atom. The second kappa shape index (κ2) is 9.05. The Balaban J connectivity index is 1.98. The summed E-state index contributed by atoms with van der Waals surface area (Å²) in [6.07, 6.45) is 6.53. The number of aliphatic hydroxyl groups is 1. The van der Waals surface area contributed by atoms with Crippen molar-refractivity contribution in [1.82, 2.24) is 0 Å². The molecule has 0 spiro atoms. The third-order valence-electron chi connectivity index (χ3n) is 4.38. The Morgan fingerprint density at radius 1 is 1.34 bits per heavy atom. The maximum atomic E-state index is 12.9. The first-order valence-electron chi connectivity index (χ1n) is 9.17. The first-order chi connectivity index (χ1) is 13.9. The molecule has 1 aliphatic heterocycles. The molecular weight excluding hydrogens is 392 g/mol. The van der Waals surface area contributed by atoms with Crippen LogP contribution < -0.4 is 0 Å². The molecule has 0 bridgehead atoms. The van der Waals surface area contributed by atoms with Gasteiger partial charge < -0.3 is 19.7 Å². The highest BCUT2D eigenvalue weighted by atomic mass is 32.2. The second-order valence-corrected chi connectivity index (χ2v) is 7.96. The van der Waals surface area contributed by atoms with Crippen LogP contribution in [0.5, 0.6) is 0 Å². The number of rotatable bonds is 7. The average Bonchev–Trinajstić information content (AvgIpc) is 2.70. The molecular formula is C22H22O6S. The van der Waals surface area contributed by atoms with Crippen molar-refractivity contribution in [3.8, 4) is 0 Å². The van der Waals surface area contributed by atoms with E-state index in [-0.39, 0.29) is 28.8 Å². The topological polar surface area (TPSA) is 93.1 Å². The van der Waals surface area contributed by atoms with Crippen molar-refractivity contribution in [3.05, 3.63) is 77.0 Å². The van der Waals surface area contributed by atoms with Gasteiger partial charge in [0.05, 0.1) is 5.57 Å². The van der Waals surface area contributed by atoms with Crippen LogP contribution >= 0.6 is 11.8 Å². The number of carboxylic acids is 1. The first-order valence-corrected chi connectivity index (χ1v) is 10.1. The van der Waals surface area contributed by atoms with E-state index in [1.807, 2.05) is 24.3 Å². The molecule has 1 unspecified atom stereocenters. The van der Waals surface area contributed by atoms with Crippen LogP contribution in [0.25, 0.3) is 0 Å². The molecule has 2 aliphatic rings. The zero-order valence-electron chi connectivity index (χ0n) is 16.1. The van der Waals surface area contributed by atoms with Gasteiger partial charge in [0.15, 0.2) is 23.9 Å². The smallest absolute Gasteiger partial charge is 0.341 e. The van der Waals surface area contributed by atoms with Gasteiger partial charge in [-0.05, 0) is 35.8 Å². The highest BCUT2D eigenvalue weighted by Gasteiger charge is 2.35. The summed E-state index contributed by atoms with van der Waals surface area (Å²) in [5.41, 5.74) is 1.30. The van der Waals surface area contributed by atoms with Crippen molar-refractivity contribution in [1.29, 1.82) is 0 Å². The van der Waals surface area contributed by atoms with E-state index in [1.165, 1.54) is 17.8 Å². The Labute approximate surface area is 173 Å². The third kappa shape index (κ3) is 4.74. The molecule has 0 aromatic heterocycles. The summed E-state index contributed by atoms with van der Waals surface area (Å²) in [4.78, 5) is 24.7. The number of ether oxygens (including phenoxy) is 2. The molecule has 0 amide bonds. The number of benzene rings is 1. The fourth-order valence-electron chi connectivity index (χ4n) is 3.01. The van der Waals surface area contributed by atoms with Crippen LogP contribution in [0.4, 0.5) is 0 Å². The van der Waals surface area contributed by atoms with E-state index >= 15 is 0 Å². The number of aliphatic carboxylic acids is 1. The molecule has 1 aromatic rings. The van der Waals surface area contributed by atoms with E-state index in [0.29, 0.717) is 12.4 Å². The van der Waals surface area contributed by atoms with Gasteiger partial charge in [-0.15, -0.1) is 11.8 Å². The molecule has 1 aliphatic carbocycles. The Morgan fingerprint density at radius 3 is 2.76 bits per heavy atom. The van der Waals surface area contributed by atoms with Crippen molar-refractivity contribution in [2.75, 3.05) is 13.2 Å². The summed E-state index contributed by atoms with van der Waals surface area (Å²) in [5, 5.41) is 19.0. The molecule has 152 valence electrons. The van der Waals surface area contributed by atoms with E-state index in [0.717, 1.165) is 10.5 Å². The molecule has 7 heteroatoms. The monoisotopic (exact) mass is 414 g/mol. The van der Waals surface area contributed by atoms with E-state index in [2.05, 4.69) is 13.8 Å². The maximum absolute atomic E-state index is 12.9. The molecule has 0 saturated carbocycles. The van der Waals surface area contributed by atoms with Crippen LogP contribution in [0.2, 0.25) is 0 Å². The van der Waals surface area contributed by atoms with Gasteiger partial charge in [-0.3, -0.25) is 4.79 Å². The summed E-state index contributed by atoms with van der Waals surface area (Å²) in [5.74, 6) is -1.27. The average molecular weight is 414 g/mol. The van der Waals surface area contributed by atoms with Gasteiger partial charge in [0.1, 0.15) is 17.6 Å². The summed E-state index contributed by atoms with van der Waals surface area (Å²) in [6.45, 7) is 3.77. The molecule has 0 radical (unpaired) electrons. The number of hydrogen-bond donors (Lipinski definition) is 2. The van der Waals surface area contributed by atoms with Gasteiger partial charge >= 0.3 is 5.97 Å². The molecule has 29 heavy (non-hydrogen) atoms. The number of carbonyl (C=O) groups is 2. The van der Waals surface area contributed by atoms with Crippen molar-refractivity contribution >= 4 is 23.5 Å². The van der Waals surface area contributed by atoms with Crippen LogP contribution in [0.15, 0.2) is 76.3 Å². The number of thioether (sulfide) groups is 1. The second-order valence-electron chi connectivity index (χ2n) is 6.82. The number of ketones is 1. The quantitative estimate of drug-likeness (QED) is 0.693. The Bertz CT molecular complexity index is 938. The SMILES string of the molecule is CC(C)c1ccccc1SC1C(=O)C=C(C2=CC=CCO2)C(OCC(=O)O)=C1O. The largest absolute Gasteiger partial charge is 0.507 e. The van der Waals surface area contributed by atoms with E-state index in [4.69, 9.17) is 14.6 Å². The number of aliphatic hydroxyl groups excluding tert-OH is 1. The normalized spacial score (nSPS) is 19.0. The summed E-state index contributed by atoms with van der Waals surface area (Å²) in [6, 6.07) is 7.68. The van der Waals surface area contributed by atoms with Gasteiger partial charge in [-0.2, -0.15) is 0 Å². The maximum Gasteiger partial charge on any atom is 0.341 e. The van der Waals surface area contributed by atoms with Gasteiger partial charge in [0.2, 0.25) is 0 Å². The van der Waals surface area contributed by atoms with Crippen LogP contribution in [-0.4, -0.2) is 40.4 Å². The van der Waals surface area contributed by atoms with Crippen molar-refractivity contribution < 1.29 is 29.3 Å². The number of carbonyl (C=O) groups excluding carboxylic acids is 1. The Kier molecular flexibility index (Phi) is 6.49. The van der Waals surface area contributed by atoms with Gasteiger partial charge in [0, 0.05) is 4.90 Å². The van der Waals surface area contributed by atoms with Crippen LogP contribution in [-0.2, 0) is 19.1 Å². The molecule has 1 atom stereocenters. The summed E-state index contributed by atoms with van der Waals surface area (Å²) < 4.78 is 10.9. The molecule has 1 aromatic carbocycles. The molecule has 3 rings (SSSR count). The summed E-state index contributed by atoms with van der Waals surface area (Å²) >= 11 is 1.22. The predicted octanol–water partition coefficient (Wildman–Crippen LogP) is 4.12. The van der Waals surface area contributed by atoms with Crippen LogP contribution in [0.3, 0.4) is 0 Å². The van der Waals surface area contributed by atoms with E-state index < -0.39 is 17.8 Å². The minimum absolute atomic E-state index is 0.0481. The van der Waals surface area contributed by atoms with Gasteiger partial charge in [-0.25, -0.2) is 4.79 Å². The molecule has 0 fully saturated rings. The molecule has 0 saturated heterocycles. The Hall–Kier alpha value is -2.93. The predicted molar refractivity (Wildman–Crippen MR) is 110 cm³/mol. The van der Waals surface area contributed by atoms with Crippen molar-refractivity contribution in [3.63, 3.8) is 0 Å². The zero-order chi connectivity index (χ0) is 21.0. The highest BCUT2D eigenvalue weighted by molar-refractivity contribution is 8.01. The third-order valence-corrected chi connectivity index (χ3v) is 5.70. The number of carboxylic acid groups (broad SMARTS) is 1. The van der Waals surface area contributed by atoms with E-state index in [9.17, 15) is 14.7 Å². The van der Waals surface area contributed by atoms with E-state index in [1.54, 1.807) is 18.2 Å². The molecule has 2 N–H and O–H groups in total. The molecule has 1 heterocycles. The standard InChI is InChI=1S/C22H22O6S/c1-13(2)14-7-3-4-9-18(14)29-22-16(23)11-15(17-8-5-6-10-27-17)21(20(22)26)28-12-19(24)25/h3-9,11,13,22,26H,10,12H2,1-2H3,(H,24,25). The first kappa shape index (κ1) is 20.8. The number of allylic oxidation sites excluding steroid dienone is 3. The van der Waals surface area contributed by atoms with Gasteiger partial charge in [0.25, 0.3) is 0 Å². The minimum atomic E-state index is -1.19. The lowest BCUT2D eigenvalue weighted by Gasteiger charge is -2.26. The van der Waals surface area contributed by atoms with Crippen LogP contribution in [0.1, 0.15) is 25.3 Å². The lowest BCUT2D eigenvalue weighted by Crippen LogP contribution is -2.27. The lowest BCUT2D eigenvalue weighted by atomic mass is 9.99. The lowest BCUT2D eigenvalue weighted by molar-refractivity contribution is -0.140. The number of hydrogen-bond acceptors (Lipinski definition) is 6.